The van der Waals surface area contributed by atoms with Crippen LogP contribution >= 0.6 is 11.3 Å². The van der Waals surface area contributed by atoms with E-state index in [0.29, 0.717) is 11.6 Å². The van der Waals surface area contributed by atoms with Crippen LogP contribution in [-0.2, 0) is 11.3 Å². The molecule has 1 aliphatic heterocycles. The summed E-state index contributed by atoms with van der Waals surface area (Å²) in [4.78, 5) is 18.7. The lowest BCUT2D eigenvalue weighted by molar-refractivity contribution is -0.122. The summed E-state index contributed by atoms with van der Waals surface area (Å²) < 4.78 is 5.00. The smallest absolute Gasteiger partial charge is 0.242 e. The number of rotatable bonds is 6. The molecule has 3 heterocycles. The largest absolute Gasteiger partial charge is 0.360 e. The lowest BCUT2D eigenvalue weighted by Gasteiger charge is -2.38. The summed E-state index contributed by atoms with van der Waals surface area (Å²) in [6, 6.07) is 5.90. The van der Waals surface area contributed by atoms with Gasteiger partial charge in [0.1, 0.15) is 5.76 Å². The summed E-state index contributed by atoms with van der Waals surface area (Å²) >= 11 is 1.80. The van der Waals surface area contributed by atoms with E-state index in [1.165, 1.54) is 4.88 Å². The number of hydrogen-bond acceptors (Lipinski definition) is 6. The van der Waals surface area contributed by atoms with E-state index in [9.17, 15) is 4.79 Å². The highest BCUT2D eigenvalue weighted by Gasteiger charge is 2.28. The van der Waals surface area contributed by atoms with Gasteiger partial charge in [0.25, 0.3) is 0 Å². The third-order valence-electron chi connectivity index (χ3n) is 4.38. The predicted molar refractivity (Wildman–Crippen MR) is 95.1 cm³/mol. The molecular weight excluding hydrogens is 324 g/mol. The molecule has 1 saturated heterocycles. The molecule has 2 aromatic rings. The zero-order valence-electron chi connectivity index (χ0n) is 14.2. The molecule has 130 valence electrons. The maximum atomic E-state index is 12.5. The number of piperazine rings is 1. The van der Waals surface area contributed by atoms with E-state index < -0.39 is 0 Å². The van der Waals surface area contributed by atoms with Crippen LogP contribution in [0.1, 0.15) is 24.0 Å². The first-order chi connectivity index (χ1) is 11.7. The second kappa shape index (κ2) is 7.92. The van der Waals surface area contributed by atoms with Gasteiger partial charge in [0.05, 0.1) is 6.04 Å². The van der Waals surface area contributed by atoms with Crippen molar-refractivity contribution in [2.45, 2.75) is 32.9 Å². The van der Waals surface area contributed by atoms with Gasteiger partial charge in [0.15, 0.2) is 5.82 Å². The summed E-state index contributed by atoms with van der Waals surface area (Å²) in [5, 5.41) is 8.82. The van der Waals surface area contributed by atoms with E-state index in [2.05, 4.69) is 44.7 Å². The molecular formula is C17H24N4O2S. The summed E-state index contributed by atoms with van der Waals surface area (Å²) in [5.74, 6) is 1.19. The Morgan fingerprint density at radius 3 is 2.79 bits per heavy atom. The molecule has 0 spiro atoms. The van der Waals surface area contributed by atoms with E-state index in [1.54, 1.807) is 17.4 Å². The normalized spacial score (nSPS) is 17.8. The molecule has 7 heteroatoms. The number of nitrogens with one attached hydrogen (secondary N) is 1. The van der Waals surface area contributed by atoms with Crippen LogP contribution in [0.2, 0.25) is 0 Å². The third kappa shape index (κ3) is 4.23. The molecule has 3 rings (SSSR count). The molecule has 0 aliphatic carbocycles. The van der Waals surface area contributed by atoms with Crippen LogP contribution in [0, 0.1) is 6.92 Å². The minimum absolute atomic E-state index is 0.00231. The van der Waals surface area contributed by atoms with Gasteiger partial charge in [-0.3, -0.25) is 14.6 Å². The molecule has 0 unspecified atom stereocenters. The number of amides is 1. The predicted octanol–water partition coefficient (Wildman–Crippen LogP) is 2.58. The van der Waals surface area contributed by atoms with Crippen molar-refractivity contribution >= 4 is 23.1 Å². The first-order valence-corrected chi connectivity index (χ1v) is 9.26. The van der Waals surface area contributed by atoms with E-state index in [0.717, 1.165) is 39.1 Å². The van der Waals surface area contributed by atoms with Crippen LogP contribution in [0.5, 0.6) is 0 Å². The van der Waals surface area contributed by atoms with Crippen LogP contribution in [0.25, 0.3) is 0 Å². The van der Waals surface area contributed by atoms with Gasteiger partial charge in [0.2, 0.25) is 5.91 Å². The Morgan fingerprint density at radius 2 is 2.21 bits per heavy atom. The number of carbonyl (C=O) groups is 1. The van der Waals surface area contributed by atoms with Gasteiger partial charge in [-0.25, -0.2) is 0 Å². The number of nitrogens with zero attached hydrogens (tertiary/aromatic N) is 3. The molecule has 0 bridgehead atoms. The zero-order valence-corrected chi connectivity index (χ0v) is 15.0. The number of hydrogen-bond donors (Lipinski definition) is 1. The maximum absolute atomic E-state index is 12.5. The molecule has 24 heavy (non-hydrogen) atoms. The molecule has 1 atom stereocenters. The Bertz CT molecular complexity index is 647. The average Bonchev–Trinajstić information content (AvgIpc) is 3.22. The first kappa shape index (κ1) is 17.1. The van der Waals surface area contributed by atoms with Crippen molar-refractivity contribution in [3.05, 3.63) is 34.2 Å². The molecule has 1 N–H and O–H groups in total. The molecule has 1 aliphatic rings. The molecule has 0 aromatic carbocycles. The SMILES string of the molecule is CC[C@H](C(=O)Nc1cc(C)on1)N1CCN(Cc2cccs2)CC1. The number of carbonyl (C=O) groups excluding carboxylic acids is 1. The lowest BCUT2D eigenvalue weighted by Crippen LogP contribution is -2.53. The number of thiophene rings is 1. The van der Waals surface area contributed by atoms with Crippen LogP contribution in [0.3, 0.4) is 0 Å². The highest BCUT2D eigenvalue weighted by Crippen LogP contribution is 2.16. The summed E-state index contributed by atoms with van der Waals surface area (Å²) in [5.41, 5.74) is 0. The van der Waals surface area contributed by atoms with Gasteiger partial charge < -0.3 is 9.84 Å². The van der Waals surface area contributed by atoms with Gasteiger partial charge in [-0.05, 0) is 24.8 Å². The topological polar surface area (TPSA) is 61.6 Å². The number of aryl methyl sites for hydroxylation is 1. The van der Waals surface area contributed by atoms with Gasteiger partial charge in [-0.15, -0.1) is 11.3 Å². The maximum Gasteiger partial charge on any atom is 0.242 e. The highest BCUT2D eigenvalue weighted by atomic mass is 32.1. The van der Waals surface area contributed by atoms with Gasteiger partial charge >= 0.3 is 0 Å². The van der Waals surface area contributed by atoms with Crippen molar-refractivity contribution < 1.29 is 9.32 Å². The fraction of sp³-hybridized carbons (Fsp3) is 0.529. The quantitative estimate of drug-likeness (QED) is 0.869. The second-order valence-electron chi connectivity index (χ2n) is 6.13. The molecule has 6 nitrogen and oxygen atoms in total. The Kier molecular flexibility index (Phi) is 5.65. The minimum atomic E-state index is -0.120. The Labute approximate surface area is 146 Å². The first-order valence-electron chi connectivity index (χ1n) is 8.38. The second-order valence-corrected chi connectivity index (χ2v) is 7.16. The van der Waals surface area contributed by atoms with Gasteiger partial charge in [-0.1, -0.05) is 18.1 Å². The van der Waals surface area contributed by atoms with E-state index >= 15 is 0 Å². The van der Waals surface area contributed by atoms with E-state index in [-0.39, 0.29) is 11.9 Å². The molecule has 0 radical (unpaired) electrons. The number of anilines is 1. The van der Waals surface area contributed by atoms with Crippen molar-refractivity contribution in [1.29, 1.82) is 0 Å². The molecule has 0 saturated carbocycles. The minimum Gasteiger partial charge on any atom is -0.360 e. The fourth-order valence-electron chi connectivity index (χ4n) is 3.10. The van der Waals surface area contributed by atoms with Gasteiger partial charge in [-0.2, -0.15) is 0 Å². The standard InChI is InChI=1S/C17H24N4O2S/c1-3-15(17(22)18-16-11-13(2)23-19-16)21-8-6-20(7-9-21)12-14-5-4-10-24-14/h4-5,10-11,15H,3,6-9,12H2,1-2H3,(H,18,19,22)/t15-/m1/s1. The monoisotopic (exact) mass is 348 g/mol. The Balaban J connectivity index is 1.52. The summed E-state index contributed by atoms with van der Waals surface area (Å²) in [7, 11) is 0. The number of aromatic nitrogens is 1. The summed E-state index contributed by atoms with van der Waals surface area (Å²) in [6.07, 6.45) is 0.785. The zero-order chi connectivity index (χ0) is 16.9. The third-order valence-corrected chi connectivity index (χ3v) is 5.24. The van der Waals surface area contributed by atoms with E-state index in [1.807, 2.05) is 6.92 Å². The Morgan fingerprint density at radius 1 is 1.42 bits per heavy atom. The van der Waals surface area contributed by atoms with Crippen molar-refractivity contribution in [2.24, 2.45) is 0 Å². The Hall–Kier alpha value is -1.70. The highest BCUT2D eigenvalue weighted by molar-refractivity contribution is 7.09. The molecule has 1 amide bonds. The molecule has 1 fully saturated rings. The van der Waals surface area contributed by atoms with Crippen LogP contribution in [0.4, 0.5) is 5.82 Å². The molecule has 2 aromatic heterocycles. The lowest BCUT2D eigenvalue weighted by atomic mass is 10.1. The summed E-state index contributed by atoms with van der Waals surface area (Å²) in [6.45, 7) is 8.68. The van der Waals surface area contributed by atoms with Crippen LogP contribution in [-0.4, -0.2) is 53.1 Å². The van der Waals surface area contributed by atoms with Crippen molar-refractivity contribution in [3.63, 3.8) is 0 Å². The van der Waals surface area contributed by atoms with Crippen molar-refractivity contribution in [3.8, 4) is 0 Å². The van der Waals surface area contributed by atoms with E-state index in [4.69, 9.17) is 4.52 Å². The van der Waals surface area contributed by atoms with Crippen LogP contribution in [0.15, 0.2) is 28.1 Å². The average molecular weight is 348 g/mol. The van der Waals surface area contributed by atoms with Crippen molar-refractivity contribution in [2.75, 3.05) is 31.5 Å². The fourth-order valence-corrected chi connectivity index (χ4v) is 3.85. The van der Waals surface area contributed by atoms with Crippen molar-refractivity contribution in [1.82, 2.24) is 15.0 Å². The van der Waals surface area contributed by atoms with Crippen LogP contribution < -0.4 is 5.32 Å². The van der Waals surface area contributed by atoms with Gasteiger partial charge in [0, 0.05) is 43.7 Å².